The van der Waals surface area contributed by atoms with Crippen LogP contribution < -0.4 is 10.2 Å². The molecule has 0 aromatic heterocycles. The quantitative estimate of drug-likeness (QED) is 0.897. The van der Waals surface area contributed by atoms with E-state index in [0.29, 0.717) is 11.3 Å². The van der Waals surface area contributed by atoms with Gasteiger partial charge in [-0.2, -0.15) is 0 Å². The highest BCUT2D eigenvalue weighted by Gasteiger charge is 2.18. The van der Waals surface area contributed by atoms with E-state index in [0.717, 1.165) is 31.6 Å². The molecular weight excluding hydrogens is 310 g/mol. The predicted molar refractivity (Wildman–Crippen MR) is 91.6 cm³/mol. The van der Waals surface area contributed by atoms with Crippen molar-refractivity contribution < 1.29 is 13.6 Å². The molecule has 0 unspecified atom stereocenters. The summed E-state index contributed by atoms with van der Waals surface area (Å²) in [6.45, 7) is 3.51. The topological polar surface area (TPSA) is 32.3 Å². The molecule has 126 valence electrons. The Kier molecular flexibility index (Phi) is 4.79. The molecule has 2 aromatic rings. The van der Waals surface area contributed by atoms with Crippen LogP contribution in [0.4, 0.5) is 20.2 Å². The van der Waals surface area contributed by atoms with Gasteiger partial charge in [-0.15, -0.1) is 0 Å². The van der Waals surface area contributed by atoms with E-state index >= 15 is 0 Å². The van der Waals surface area contributed by atoms with Gasteiger partial charge in [-0.3, -0.25) is 4.79 Å². The number of anilines is 2. The first-order valence-electron chi connectivity index (χ1n) is 8.16. The van der Waals surface area contributed by atoms with Crippen LogP contribution in [0.5, 0.6) is 0 Å². The van der Waals surface area contributed by atoms with Gasteiger partial charge in [0.25, 0.3) is 5.91 Å². The van der Waals surface area contributed by atoms with Crippen molar-refractivity contribution in [1.82, 2.24) is 0 Å². The first-order chi connectivity index (χ1) is 11.5. The van der Waals surface area contributed by atoms with Crippen LogP contribution in [0.2, 0.25) is 0 Å². The maximum atomic E-state index is 13.7. The number of halogens is 2. The molecule has 1 fully saturated rings. The van der Waals surface area contributed by atoms with Crippen LogP contribution >= 0.6 is 0 Å². The van der Waals surface area contributed by atoms with Gasteiger partial charge >= 0.3 is 0 Å². The lowest BCUT2D eigenvalue weighted by Crippen LogP contribution is -2.30. The Balaban J connectivity index is 1.89. The van der Waals surface area contributed by atoms with Crippen molar-refractivity contribution in [3.05, 3.63) is 59.2 Å². The van der Waals surface area contributed by atoms with E-state index in [-0.39, 0.29) is 5.56 Å². The molecule has 1 saturated heterocycles. The van der Waals surface area contributed by atoms with Crippen LogP contribution in [0.1, 0.15) is 35.2 Å². The third kappa shape index (κ3) is 3.55. The van der Waals surface area contributed by atoms with E-state index in [9.17, 15) is 13.6 Å². The second kappa shape index (κ2) is 6.99. The lowest BCUT2D eigenvalue weighted by Gasteiger charge is -2.30. The molecule has 1 aliphatic rings. The molecule has 0 saturated carbocycles. The molecule has 24 heavy (non-hydrogen) atoms. The minimum Gasteiger partial charge on any atom is -0.370 e. The zero-order valence-corrected chi connectivity index (χ0v) is 13.6. The molecule has 0 aliphatic carbocycles. The smallest absolute Gasteiger partial charge is 0.256 e. The zero-order valence-electron chi connectivity index (χ0n) is 13.6. The van der Waals surface area contributed by atoms with Crippen LogP contribution in [0.15, 0.2) is 36.4 Å². The Hall–Kier alpha value is -2.43. The monoisotopic (exact) mass is 330 g/mol. The summed E-state index contributed by atoms with van der Waals surface area (Å²) < 4.78 is 27.1. The number of carbonyl (C=O) groups is 1. The van der Waals surface area contributed by atoms with E-state index in [1.54, 1.807) is 19.1 Å². The Morgan fingerprint density at radius 2 is 1.67 bits per heavy atom. The van der Waals surface area contributed by atoms with Crippen molar-refractivity contribution in [2.75, 3.05) is 23.3 Å². The Bertz CT molecular complexity index is 755. The molecule has 0 radical (unpaired) electrons. The minimum atomic E-state index is -0.471. The van der Waals surface area contributed by atoms with Gasteiger partial charge in [0.05, 0.1) is 11.4 Å². The number of benzene rings is 2. The van der Waals surface area contributed by atoms with Crippen LogP contribution in [-0.2, 0) is 0 Å². The highest BCUT2D eigenvalue weighted by Crippen LogP contribution is 2.30. The minimum absolute atomic E-state index is 0.254. The summed E-state index contributed by atoms with van der Waals surface area (Å²) in [4.78, 5) is 14.7. The van der Waals surface area contributed by atoms with E-state index < -0.39 is 17.5 Å². The van der Waals surface area contributed by atoms with Gasteiger partial charge in [-0.05, 0) is 62.1 Å². The van der Waals surface area contributed by atoms with E-state index in [2.05, 4.69) is 10.2 Å². The van der Waals surface area contributed by atoms with Crippen molar-refractivity contribution in [2.24, 2.45) is 0 Å². The Labute approximate surface area is 140 Å². The number of nitrogens with one attached hydrogen (secondary N) is 1. The van der Waals surface area contributed by atoms with E-state index in [4.69, 9.17) is 0 Å². The second-order valence-corrected chi connectivity index (χ2v) is 6.12. The molecule has 1 aliphatic heterocycles. The first-order valence-corrected chi connectivity index (χ1v) is 8.16. The number of carbonyl (C=O) groups excluding carboxylic acids is 1. The number of piperidine rings is 1. The summed E-state index contributed by atoms with van der Waals surface area (Å²) in [6.07, 6.45) is 3.34. The van der Waals surface area contributed by atoms with Crippen molar-refractivity contribution in [3.63, 3.8) is 0 Å². The van der Waals surface area contributed by atoms with E-state index in [1.807, 2.05) is 0 Å². The maximum absolute atomic E-state index is 13.7. The molecule has 3 rings (SSSR count). The van der Waals surface area contributed by atoms with Gasteiger partial charge in [0.15, 0.2) is 0 Å². The number of aryl methyl sites for hydroxylation is 1. The van der Waals surface area contributed by atoms with Crippen molar-refractivity contribution in [1.29, 1.82) is 0 Å². The molecule has 5 heteroatoms. The van der Waals surface area contributed by atoms with Gasteiger partial charge in [0, 0.05) is 18.7 Å². The fraction of sp³-hybridized carbons (Fsp3) is 0.316. The highest BCUT2D eigenvalue weighted by molar-refractivity contribution is 6.06. The van der Waals surface area contributed by atoms with Gasteiger partial charge in [0.1, 0.15) is 11.6 Å². The molecule has 1 heterocycles. The van der Waals surface area contributed by atoms with E-state index in [1.165, 1.54) is 30.7 Å². The molecule has 3 nitrogen and oxygen atoms in total. The molecule has 0 atom stereocenters. The fourth-order valence-corrected chi connectivity index (χ4v) is 3.05. The molecule has 0 spiro atoms. The number of amides is 1. The van der Waals surface area contributed by atoms with Gasteiger partial charge in [-0.25, -0.2) is 8.78 Å². The maximum Gasteiger partial charge on any atom is 0.256 e. The predicted octanol–water partition coefficient (Wildman–Crippen LogP) is 4.52. The van der Waals surface area contributed by atoms with Gasteiger partial charge < -0.3 is 10.2 Å². The van der Waals surface area contributed by atoms with Gasteiger partial charge in [-0.1, -0.05) is 6.07 Å². The molecule has 1 amide bonds. The van der Waals surface area contributed by atoms with Crippen LogP contribution in [-0.4, -0.2) is 19.0 Å². The van der Waals surface area contributed by atoms with Crippen LogP contribution in [0, 0.1) is 18.6 Å². The Morgan fingerprint density at radius 3 is 2.42 bits per heavy atom. The molecule has 0 bridgehead atoms. The molecule has 1 N–H and O–H groups in total. The van der Waals surface area contributed by atoms with Crippen molar-refractivity contribution in [3.8, 4) is 0 Å². The van der Waals surface area contributed by atoms with Crippen LogP contribution in [0.3, 0.4) is 0 Å². The molecular formula is C19H20F2N2O. The SMILES string of the molecule is Cc1ccc(F)cc1C(=O)Nc1cc(F)ccc1N1CCCCC1. The summed E-state index contributed by atoms with van der Waals surface area (Å²) in [5.74, 6) is -1.32. The highest BCUT2D eigenvalue weighted by atomic mass is 19.1. The summed E-state index contributed by atoms with van der Waals surface area (Å²) in [6, 6.07) is 8.47. The normalized spacial score (nSPS) is 14.5. The average Bonchev–Trinajstić information content (AvgIpc) is 2.58. The summed E-state index contributed by atoms with van der Waals surface area (Å²) in [5, 5.41) is 2.75. The lowest BCUT2D eigenvalue weighted by molar-refractivity contribution is 0.102. The largest absolute Gasteiger partial charge is 0.370 e. The van der Waals surface area contributed by atoms with Crippen molar-refractivity contribution >= 4 is 17.3 Å². The lowest BCUT2D eigenvalue weighted by atomic mass is 10.1. The second-order valence-electron chi connectivity index (χ2n) is 6.12. The number of hydrogen-bond acceptors (Lipinski definition) is 2. The Morgan fingerprint density at radius 1 is 1.00 bits per heavy atom. The standard InChI is InChI=1S/C19H20F2N2O/c1-13-5-6-14(20)11-16(13)19(24)22-17-12-15(21)7-8-18(17)23-9-3-2-4-10-23/h5-8,11-12H,2-4,9-10H2,1H3,(H,22,24). The zero-order chi connectivity index (χ0) is 17.1. The summed E-state index contributed by atoms with van der Waals surface area (Å²) in [7, 11) is 0. The third-order valence-electron chi connectivity index (χ3n) is 4.35. The first kappa shape index (κ1) is 16.4. The third-order valence-corrected chi connectivity index (χ3v) is 4.35. The fourth-order valence-electron chi connectivity index (χ4n) is 3.05. The van der Waals surface area contributed by atoms with Crippen LogP contribution in [0.25, 0.3) is 0 Å². The number of rotatable bonds is 3. The number of nitrogens with zero attached hydrogens (tertiary/aromatic N) is 1. The summed E-state index contributed by atoms with van der Waals surface area (Å²) >= 11 is 0. The van der Waals surface area contributed by atoms with Gasteiger partial charge in [0.2, 0.25) is 0 Å². The molecule has 2 aromatic carbocycles. The number of hydrogen-bond donors (Lipinski definition) is 1. The van der Waals surface area contributed by atoms with Crippen molar-refractivity contribution in [2.45, 2.75) is 26.2 Å². The average molecular weight is 330 g/mol. The summed E-state index contributed by atoms with van der Waals surface area (Å²) in [5.41, 5.74) is 2.15.